The van der Waals surface area contributed by atoms with Crippen LogP contribution in [0.2, 0.25) is 20.1 Å². The topological polar surface area (TPSA) is 94.1 Å². The summed E-state index contributed by atoms with van der Waals surface area (Å²) in [6.45, 7) is -0.731. The lowest BCUT2D eigenvalue weighted by atomic mass is 9.76. The van der Waals surface area contributed by atoms with Gasteiger partial charge in [-0.15, -0.1) is 0 Å². The van der Waals surface area contributed by atoms with Gasteiger partial charge in [-0.25, -0.2) is 0 Å². The molecule has 0 radical (unpaired) electrons. The van der Waals surface area contributed by atoms with Gasteiger partial charge in [0, 0.05) is 62.0 Å². The van der Waals surface area contributed by atoms with Crippen molar-refractivity contribution in [3.63, 3.8) is 0 Å². The Morgan fingerprint density at radius 3 is 1.34 bits per heavy atom. The molecule has 62 heavy (non-hydrogen) atoms. The van der Waals surface area contributed by atoms with E-state index in [-0.39, 0.29) is 50.7 Å². The van der Waals surface area contributed by atoms with Crippen LogP contribution in [-0.4, -0.2) is 51.5 Å². The third-order valence-electron chi connectivity index (χ3n) is 11.2. The Bertz CT molecular complexity index is 2850. The number of hydrogen-bond acceptors (Lipinski definition) is 6. The van der Waals surface area contributed by atoms with Gasteiger partial charge in [-0.05, 0) is 80.2 Å². The lowest BCUT2D eigenvalue weighted by molar-refractivity contribution is -0.184. The van der Waals surface area contributed by atoms with Crippen LogP contribution in [-0.2, 0) is 38.3 Å². The van der Waals surface area contributed by atoms with Gasteiger partial charge in [0.1, 0.15) is 10.8 Å². The highest BCUT2D eigenvalue weighted by Crippen LogP contribution is 2.51. The van der Waals surface area contributed by atoms with Gasteiger partial charge in [-0.1, -0.05) is 119 Å². The Hall–Kier alpha value is -4.21. The number of halogens is 10. The molecule has 2 atom stereocenters. The van der Waals surface area contributed by atoms with Crippen LogP contribution in [0.25, 0.3) is 21.5 Å². The third kappa shape index (κ3) is 9.08. The monoisotopic (exact) mass is 951 g/mol. The highest BCUT2D eigenvalue weighted by Gasteiger charge is 2.60. The maximum Gasteiger partial charge on any atom is 0.400 e. The van der Waals surface area contributed by atoms with Crippen molar-refractivity contribution in [1.82, 2.24) is 0 Å². The van der Waals surface area contributed by atoms with Crippen LogP contribution in [0.15, 0.2) is 119 Å². The number of hydrogen-bond donors (Lipinski definition) is 1. The van der Waals surface area contributed by atoms with Gasteiger partial charge in [0.25, 0.3) is 10.1 Å². The zero-order valence-corrected chi connectivity index (χ0v) is 36.4. The summed E-state index contributed by atoms with van der Waals surface area (Å²) >= 11 is 24.0. The first kappa shape index (κ1) is 45.8. The number of nitrogens with two attached hydrogens (primary N) is 1. The highest BCUT2D eigenvalue weighted by molar-refractivity contribution is 7.85. The lowest BCUT2D eigenvalue weighted by Gasteiger charge is -2.32. The Labute approximate surface area is 373 Å². The van der Waals surface area contributed by atoms with Gasteiger partial charge in [0.15, 0.2) is 0 Å². The fraction of sp³-hybridized carbons (Fsp3) is 0.244. The smallest absolute Gasteiger partial charge is 0.326 e. The fourth-order valence-electron chi connectivity index (χ4n) is 8.07. The summed E-state index contributed by atoms with van der Waals surface area (Å²) in [5.41, 5.74) is 4.89. The molecule has 0 saturated heterocycles. The number of rotatable bonds is 8. The molecule has 2 aliphatic heterocycles. The van der Waals surface area contributed by atoms with Crippen LogP contribution < -0.4 is 5.73 Å². The minimum absolute atomic E-state index is 0.0316. The van der Waals surface area contributed by atoms with Crippen LogP contribution in [0.3, 0.4) is 0 Å². The van der Waals surface area contributed by atoms with Gasteiger partial charge >= 0.3 is 12.4 Å². The van der Waals surface area contributed by atoms with E-state index in [1.54, 1.807) is 42.5 Å². The number of nitrogens with zero attached hydrogens (tertiary/aromatic N) is 2. The molecule has 0 aliphatic carbocycles. The maximum absolute atomic E-state index is 14.4. The molecule has 6 aromatic rings. The van der Waals surface area contributed by atoms with Crippen LogP contribution in [0.1, 0.15) is 46.2 Å². The van der Waals surface area contributed by atoms with Crippen molar-refractivity contribution in [1.29, 1.82) is 0 Å². The van der Waals surface area contributed by atoms with E-state index in [4.69, 9.17) is 56.3 Å². The van der Waals surface area contributed by atoms with Crippen molar-refractivity contribution < 1.29 is 38.9 Å². The zero-order valence-electron chi connectivity index (χ0n) is 32.5. The molecule has 2 unspecified atom stereocenters. The highest BCUT2D eigenvalue weighted by atomic mass is 35.5. The second-order valence-corrected chi connectivity index (χ2v) is 18.6. The van der Waals surface area contributed by atoms with Crippen molar-refractivity contribution in [3.8, 4) is 0 Å². The minimum Gasteiger partial charge on any atom is -0.326 e. The number of aliphatic imine (C=N–C) groups is 2. The molecule has 17 heteroatoms. The number of alkyl halides is 6. The van der Waals surface area contributed by atoms with E-state index < -0.39 is 46.4 Å². The maximum atomic E-state index is 14.4. The molecule has 0 amide bonds. The molecule has 6 aromatic carbocycles. The second kappa shape index (κ2) is 17.4. The van der Waals surface area contributed by atoms with Gasteiger partial charge < -0.3 is 5.73 Å². The third-order valence-corrected chi connectivity index (χ3v) is 12.7. The quantitative estimate of drug-likeness (QED) is 0.121. The van der Waals surface area contributed by atoms with Crippen LogP contribution in [0.5, 0.6) is 0 Å². The van der Waals surface area contributed by atoms with Gasteiger partial charge in [0.2, 0.25) is 0 Å². The summed E-state index contributed by atoms with van der Waals surface area (Å²) < 4.78 is 114. The SMILES string of the molecule is CS(=O)(=O)OCc1ccc(C2=NCC(c3cc(Cl)cc(Cl)c3)(C(F)(F)F)C2)c2ccccc12.NCc1ccc(C2=NCC(c3cc(Cl)cc(Cl)c3)(C(F)(F)F)C2)c2ccccc12. The average Bonchev–Trinajstić information content (AvgIpc) is 3.87. The molecular formula is C45H35Cl4F6N3O3S. The average molecular weight is 954 g/mol. The predicted octanol–water partition coefficient (Wildman–Crippen LogP) is 12.6. The molecule has 2 N–H and O–H groups in total. The van der Waals surface area contributed by atoms with Crippen molar-refractivity contribution in [3.05, 3.63) is 163 Å². The van der Waals surface area contributed by atoms with E-state index >= 15 is 0 Å². The summed E-state index contributed by atoms with van der Waals surface area (Å²) in [5, 5.41) is 3.68. The van der Waals surface area contributed by atoms with E-state index in [1.165, 1.54) is 36.4 Å². The summed E-state index contributed by atoms with van der Waals surface area (Å²) in [7, 11) is -3.66. The number of benzene rings is 6. The standard InChI is InChI=1S/C23H18Cl2F3NO3S.C22H17Cl2F3N2/c1-33(30,31)32-12-14-6-7-20(19-5-3-2-4-18(14)19)21-11-22(13-29-21,23(26,27)28)15-8-16(24)10-17(25)9-15;23-15-7-14(8-16(24)9-15)21(22(25,26)27)10-20(29-12-21)19-6-5-13(11-28)17-3-1-2-4-18(17)19/h2-10H,11-13H2,1H3;1-9H,10-12,28H2. The molecule has 8 rings (SSSR count). The summed E-state index contributed by atoms with van der Waals surface area (Å²) in [5.74, 6) is 0. The molecule has 6 nitrogen and oxygen atoms in total. The minimum atomic E-state index is -4.59. The van der Waals surface area contributed by atoms with E-state index in [9.17, 15) is 34.8 Å². The van der Waals surface area contributed by atoms with Crippen molar-refractivity contribution in [2.75, 3.05) is 19.3 Å². The van der Waals surface area contributed by atoms with Crippen molar-refractivity contribution >= 4 is 89.5 Å². The van der Waals surface area contributed by atoms with Crippen molar-refractivity contribution in [2.24, 2.45) is 15.7 Å². The van der Waals surface area contributed by atoms with Crippen LogP contribution >= 0.6 is 46.4 Å². The molecule has 0 fully saturated rings. The molecular weight excluding hydrogens is 918 g/mol. The normalized spacial score (nSPS) is 19.4. The molecule has 2 heterocycles. The second-order valence-electron chi connectivity index (χ2n) is 15.2. The molecule has 0 aromatic heterocycles. The van der Waals surface area contributed by atoms with Gasteiger partial charge in [0.05, 0.1) is 26.0 Å². The lowest BCUT2D eigenvalue weighted by Crippen LogP contribution is -2.43. The predicted molar refractivity (Wildman–Crippen MR) is 236 cm³/mol. The Kier molecular flexibility index (Phi) is 12.9. The molecule has 0 bridgehead atoms. The Morgan fingerprint density at radius 2 is 0.968 bits per heavy atom. The fourth-order valence-corrected chi connectivity index (χ4v) is 9.46. The van der Waals surface area contributed by atoms with Crippen molar-refractivity contribution in [2.45, 2.75) is 49.2 Å². The Balaban J connectivity index is 0.000000188. The molecule has 0 spiro atoms. The van der Waals surface area contributed by atoms with Gasteiger partial charge in [-0.3, -0.25) is 14.2 Å². The van der Waals surface area contributed by atoms with Crippen LogP contribution in [0, 0.1) is 0 Å². The first-order valence-electron chi connectivity index (χ1n) is 18.8. The Morgan fingerprint density at radius 1 is 0.597 bits per heavy atom. The molecule has 324 valence electrons. The summed E-state index contributed by atoms with van der Waals surface area (Å²) in [6, 6.07) is 29.6. The van der Waals surface area contributed by atoms with Gasteiger partial charge in [-0.2, -0.15) is 34.8 Å². The van der Waals surface area contributed by atoms with E-state index in [2.05, 4.69) is 9.98 Å². The summed E-state index contributed by atoms with van der Waals surface area (Å²) in [6.07, 6.45) is -8.81. The number of fused-ring (bicyclic) bond motifs is 2. The van der Waals surface area contributed by atoms with E-state index in [0.29, 0.717) is 45.4 Å². The molecule has 0 saturated carbocycles. The first-order valence-corrected chi connectivity index (χ1v) is 22.2. The first-order chi connectivity index (χ1) is 29.1. The largest absolute Gasteiger partial charge is 0.400 e. The summed E-state index contributed by atoms with van der Waals surface area (Å²) in [4.78, 5) is 8.66. The zero-order chi connectivity index (χ0) is 44.8. The van der Waals surface area contributed by atoms with E-state index in [1.807, 2.05) is 30.3 Å². The van der Waals surface area contributed by atoms with E-state index in [0.717, 1.165) is 22.6 Å². The molecule has 2 aliphatic rings. The van der Waals surface area contributed by atoms with Crippen LogP contribution in [0.4, 0.5) is 26.3 Å².